The molecule has 0 aliphatic carbocycles. The second-order valence-electron chi connectivity index (χ2n) is 6.82. The third-order valence-electron chi connectivity index (χ3n) is 4.51. The number of ether oxygens (including phenoxy) is 1. The molecule has 0 fully saturated rings. The van der Waals surface area contributed by atoms with Crippen molar-refractivity contribution in [2.45, 2.75) is 0 Å². The predicted molar refractivity (Wildman–Crippen MR) is 108 cm³/mol. The van der Waals surface area contributed by atoms with Crippen molar-refractivity contribution in [3.8, 4) is 17.2 Å². The molecule has 0 bridgehead atoms. The van der Waals surface area contributed by atoms with Gasteiger partial charge in [0.2, 0.25) is 0 Å². The zero-order chi connectivity index (χ0) is 19.5. The van der Waals surface area contributed by atoms with Gasteiger partial charge in [0.25, 0.3) is 0 Å². The summed E-state index contributed by atoms with van der Waals surface area (Å²) in [6, 6.07) is 17.1. The van der Waals surface area contributed by atoms with Crippen LogP contribution < -0.4 is 10.1 Å². The standard InChI is InChI=1S/C22H21N3O3/c1-25(2)9-10-27-17-7-8-21-18(12-17)19(24-26)13-22(28-21)20-11-15-5-3-4-6-16(15)14-23-20/h3-8,11-14,26H,9-10H2,1-2H3. The fourth-order valence-corrected chi connectivity index (χ4v) is 3.01. The van der Waals surface area contributed by atoms with Crippen molar-refractivity contribution in [3.05, 3.63) is 66.2 Å². The maximum atomic E-state index is 9.53. The molecule has 0 spiro atoms. The van der Waals surface area contributed by atoms with Crippen LogP contribution in [-0.4, -0.2) is 42.3 Å². The predicted octanol–water partition coefficient (Wildman–Crippen LogP) is 3.88. The third kappa shape index (κ3) is 3.68. The summed E-state index contributed by atoms with van der Waals surface area (Å²) in [5, 5.41) is 16.2. The number of aromatic nitrogens is 1. The Balaban J connectivity index is 1.74. The van der Waals surface area contributed by atoms with Gasteiger partial charge < -0.3 is 19.3 Å². The number of pyridine rings is 1. The number of nitrogens with zero attached hydrogens (tertiary/aromatic N) is 3. The quantitative estimate of drug-likeness (QED) is 0.423. The minimum Gasteiger partial charge on any atom is -0.492 e. The van der Waals surface area contributed by atoms with Gasteiger partial charge in [-0.05, 0) is 43.7 Å². The van der Waals surface area contributed by atoms with Gasteiger partial charge in [0, 0.05) is 24.2 Å². The minimum absolute atomic E-state index is 0.407. The molecule has 0 saturated carbocycles. The molecule has 0 atom stereocenters. The molecule has 1 N–H and O–H groups in total. The van der Waals surface area contributed by atoms with Crippen LogP contribution in [0.15, 0.2) is 70.4 Å². The third-order valence-corrected chi connectivity index (χ3v) is 4.51. The lowest BCUT2D eigenvalue weighted by Gasteiger charge is -2.11. The summed E-state index contributed by atoms with van der Waals surface area (Å²) >= 11 is 0. The summed E-state index contributed by atoms with van der Waals surface area (Å²) in [4.78, 5) is 6.54. The first-order valence-corrected chi connectivity index (χ1v) is 9.03. The Labute approximate surface area is 162 Å². The van der Waals surface area contributed by atoms with Gasteiger partial charge >= 0.3 is 0 Å². The molecule has 0 aliphatic rings. The highest BCUT2D eigenvalue weighted by Gasteiger charge is 2.10. The van der Waals surface area contributed by atoms with Crippen molar-refractivity contribution in [3.63, 3.8) is 0 Å². The van der Waals surface area contributed by atoms with Crippen LogP contribution in [0.3, 0.4) is 0 Å². The van der Waals surface area contributed by atoms with E-state index in [1.165, 1.54) is 0 Å². The highest BCUT2D eigenvalue weighted by Crippen LogP contribution is 2.25. The van der Waals surface area contributed by atoms with Crippen LogP contribution in [0.2, 0.25) is 0 Å². The number of benzene rings is 2. The summed E-state index contributed by atoms with van der Waals surface area (Å²) < 4.78 is 11.8. The van der Waals surface area contributed by atoms with Gasteiger partial charge in [-0.25, -0.2) is 0 Å². The number of fused-ring (bicyclic) bond motifs is 2. The highest BCUT2D eigenvalue weighted by atomic mass is 16.5. The van der Waals surface area contributed by atoms with E-state index in [0.29, 0.717) is 40.1 Å². The second-order valence-corrected chi connectivity index (χ2v) is 6.82. The van der Waals surface area contributed by atoms with E-state index in [2.05, 4.69) is 10.1 Å². The van der Waals surface area contributed by atoms with Crippen molar-refractivity contribution < 1.29 is 14.4 Å². The van der Waals surface area contributed by atoms with Crippen molar-refractivity contribution in [1.29, 1.82) is 0 Å². The van der Waals surface area contributed by atoms with Gasteiger partial charge in [-0.3, -0.25) is 4.98 Å². The first kappa shape index (κ1) is 18.0. The van der Waals surface area contributed by atoms with Gasteiger partial charge in [0.05, 0.1) is 5.39 Å². The highest BCUT2D eigenvalue weighted by molar-refractivity contribution is 5.85. The van der Waals surface area contributed by atoms with Gasteiger partial charge in [-0.1, -0.05) is 29.4 Å². The fraction of sp³-hybridized carbons (Fsp3) is 0.182. The van der Waals surface area contributed by atoms with Crippen molar-refractivity contribution in [2.75, 3.05) is 27.2 Å². The van der Waals surface area contributed by atoms with E-state index < -0.39 is 0 Å². The van der Waals surface area contributed by atoms with E-state index in [1.807, 2.05) is 73.7 Å². The molecule has 2 heterocycles. The molecule has 4 aromatic rings. The van der Waals surface area contributed by atoms with Crippen LogP contribution in [0.4, 0.5) is 0 Å². The van der Waals surface area contributed by atoms with Gasteiger partial charge in [0.1, 0.15) is 29.0 Å². The SMILES string of the molecule is CN(C)CCOc1ccc2oc(-c3cc4ccccc4cn3)cc(=NO)c2c1. The molecule has 4 rings (SSSR count). The summed E-state index contributed by atoms with van der Waals surface area (Å²) in [6.45, 7) is 1.38. The molecule has 0 saturated heterocycles. The van der Waals surface area contributed by atoms with Crippen molar-refractivity contribution in [1.82, 2.24) is 9.88 Å². The first-order chi connectivity index (χ1) is 13.6. The van der Waals surface area contributed by atoms with E-state index in [-0.39, 0.29) is 0 Å². The molecular formula is C22H21N3O3. The van der Waals surface area contributed by atoms with Crippen LogP contribution in [0.25, 0.3) is 33.2 Å². The lowest BCUT2D eigenvalue weighted by molar-refractivity contribution is 0.261. The van der Waals surface area contributed by atoms with Gasteiger partial charge in [-0.2, -0.15) is 0 Å². The number of hydrogen-bond acceptors (Lipinski definition) is 6. The second kappa shape index (κ2) is 7.70. The van der Waals surface area contributed by atoms with Gasteiger partial charge in [-0.15, -0.1) is 0 Å². The Morgan fingerprint density at radius 2 is 1.89 bits per heavy atom. The van der Waals surface area contributed by atoms with Crippen LogP contribution in [0.5, 0.6) is 5.75 Å². The van der Waals surface area contributed by atoms with E-state index in [1.54, 1.807) is 6.07 Å². The average Bonchev–Trinajstić information content (AvgIpc) is 2.72. The molecule has 2 aromatic heterocycles. The Bertz CT molecular complexity index is 1200. The maximum absolute atomic E-state index is 9.53. The molecular weight excluding hydrogens is 354 g/mol. The molecule has 142 valence electrons. The Morgan fingerprint density at radius 3 is 2.68 bits per heavy atom. The summed E-state index contributed by atoms with van der Waals surface area (Å²) in [5.74, 6) is 1.23. The summed E-state index contributed by atoms with van der Waals surface area (Å²) in [6.07, 6.45) is 1.81. The number of likely N-dealkylation sites (N-methyl/N-ethyl adjacent to an activating group) is 1. The summed E-state index contributed by atoms with van der Waals surface area (Å²) in [7, 11) is 3.99. The molecule has 2 aromatic carbocycles. The monoisotopic (exact) mass is 375 g/mol. The largest absolute Gasteiger partial charge is 0.492 e. The average molecular weight is 375 g/mol. The molecule has 0 amide bonds. The van der Waals surface area contributed by atoms with E-state index in [9.17, 15) is 5.21 Å². The first-order valence-electron chi connectivity index (χ1n) is 9.03. The van der Waals surface area contributed by atoms with Crippen LogP contribution >= 0.6 is 0 Å². The molecule has 6 nitrogen and oxygen atoms in total. The van der Waals surface area contributed by atoms with Crippen LogP contribution in [0, 0.1) is 0 Å². The lowest BCUT2D eigenvalue weighted by Crippen LogP contribution is -2.19. The van der Waals surface area contributed by atoms with Crippen molar-refractivity contribution >= 4 is 21.7 Å². The molecule has 0 unspecified atom stereocenters. The number of rotatable bonds is 5. The Morgan fingerprint density at radius 1 is 1.07 bits per heavy atom. The van der Waals surface area contributed by atoms with Crippen molar-refractivity contribution in [2.24, 2.45) is 5.16 Å². The maximum Gasteiger partial charge on any atom is 0.155 e. The van der Waals surface area contributed by atoms with E-state index in [4.69, 9.17) is 9.15 Å². The van der Waals surface area contributed by atoms with Crippen LogP contribution in [0.1, 0.15) is 0 Å². The van der Waals surface area contributed by atoms with Gasteiger partial charge in [0.15, 0.2) is 5.76 Å². The minimum atomic E-state index is 0.407. The van der Waals surface area contributed by atoms with E-state index >= 15 is 0 Å². The van der Waals surface area contributed by atoms with E-state index in [0.717, 1.165) is 17.3 Å². The normalized spacial score (nSPS) is 12.2. The molecule has 28 heavy (non-hydrogen) atoms. The molecule has 0 aliphatic heterocycles. The smallest absolute Gasteiger partial charge is 0.155 e. The Hall–Kier alpha value is -3.38. The lowest BCUT2D eigenvalue weighted by atomic mass is 10.1. The fourth-order valence-electron chi connectivity index (χ4n) is 3.01. The Kier molecular flexibility index (Phi) is 4.95. The molecule has 6 heteroatoms. The zero-order valence-corrected chi connectivity index (χ0v) is 15.8. The molecule has 0 radical (unpaired) electrons. The topological polar surface area (TPSA) is 71.1 Å². The zero-order valence-electron chi connectivity index (χ0n) is 15.8. The van der Waals surface area contributed by atoms with Crippen LogP contribution in [-0.2, 0) is 0 Å². The number of hydrogen-bond donors (Lipinski definition) is 1. The summed E-state index contributed by atoms with van der Waals surface area (Å²) in [5.41, 5.74) is 1.28.